The van der Waals surface area contributed by atoms with Crippen LogP contribution < -0.4 is 5.73 Å². The highest BCUT2D eigenvalue weighted by Crippen LogP contribution is 2.30. The van der Waals surface area contributed by atoms with Crippen LogP contribution in [0.4, 0.5) is 0 Å². The summed E-state index contributed by atoms with van der Waals surface area (Å²) < 4.78 is 5.74. The molecule has 3 nitrogen and oxygen atoms in total. The topological polar surface area (TPSA) is 55.5 Å². The third kappa shape index (κ3) is 3.94. The van der Waals surface area contributed by atoms with Crippen LogP contribution in [0, 0.1) is 0 Å². The summed E-state index contributed by atoms with van der Waals surface area (Å²) in [5.74, 6) is 0. The molecule has 17 heavy (non-hydrogen) atoms. The van der Waals surface area contributed by atoms with Crippen molar-refractivity contribution < 1.29 is 9.84 Å². The van der Waals surface area contributed by atoms with Crippen LogP contribution in [0.3, 0.4) is 0 Å². The Kier molecular flexibility index (Phi) is 4.45. The summed E-state index contributed by atoms with van der Waals surface area (Å²) in [5, 5.41) is 10.3. The van der Waals surface area contributed by atoms with E-state index in [1.807, 2.05) is 0 Å². The van der Waals surface area contributed by atoms with Crippen LogP contribution in [-0.2, 0) is 4.74 Å². The van der Waals surface area contributed by atoms with Gasteiger partial charge in [-0.2, -0.15) is 0 Å². The zero-order valence-electron chi connectivity index (χ0n) is 10.9. The van der Waals surface area contributed by atoms with Gasteiger partial charge >= 0.3 is 0 Å². The molecule has 0 aromatic rings. The molecular weight excluding hydrogens is 214 g/mol. The Bertz CT molecular complexity index is 206. The monoisotopic (exact) mass is 241 g/mol. The van der Waals surface area contributed by atoms with E-state index in [0.717, 1.165) is 38.5 Å². The van der Waals surface area contributed by atoms with Crippen LogP contribution in [0.5, 0.6) is 0 Å². The first-order valence-electron chi connectivity index (χ1n) is 7.21. The molecule has 0 heterocycles. The minimum atomic E-state index is -0.566. The Morgan fingerprint density at radius 1 is 0.824 bits per heavy atom. The lowest BCUT2D eigenvalue weighted by Crippen LogP contribution is -2.47. The summed E-state index contributed by atoms with van der Waals surface area (Å²) >= 11 is 0. The van der Waals surface area contributed by atoms with Crippen molar-refractivity contribution in [1.29, 1.82) is 0 Å². The molecule has 0 atom stereocenters. The molecule has 0 radical (unpaired) electrons. The maximum atomic E-state index is 10.3. The number of ether oxygens (including phenoxy) is 1. The van der Waals surface area contributed by atoms with Crippen LogP contribution >= 0.6 is 0 Å². The van der Waals surface area contributed by atoms with E-state index >= 15 is 0 Å². The second-order valence-electron chi connectivity index (χ2n) is 6.20. The quantitative estimate of drug-likeness (QED) is 0.794. The fraction of sp³-hybridized carbons (Fsp3) is 1.00. The Hall–Kier alpha value is -0.120. The molecule has 3 N–H and O–H groups in total. The van der Waals surface area contributed by atoms with Gasteiger partial charge in [-0.05, 0) is 25.7 Å². The zero-order chi connectivity index (χ0) is 12.2. The molecule has 2 aliphatic carbocycles. The van der Waals surface area contributed by atoms with Crippen LogP contribution in [0.25, 0.3) is 0 Å². The largest absolute Gasteiger partial charge is 0.387 e. The average molecular weight is 241 g/mol. The van der Waals surface area contributed by atoms with E-state index < -0.39 is 5.60 Å². The minimum Gasteiger partial charge on any atom is -0.387 e. The van der Waals surface area contributed by atoms with Crippen molar-refractivity contribution in [2.24, 2.45) is 5.73 Å². The normalized spacial score (nSPS) is 27.9. The van der Waals surface area contributed by atoms with Crippen molar-refractivity contribution in [3.8, 4) is 0 Å². The van der Waals surface area contributed by atoms with Gasteiger partial charge in [-0.15, -0.1) is 0 Å². The van der Waals surface area contributed by atoms with Crippen LogP contribution in [0.15, 0.2) is 0 Å². The van der Waals surface area contributed by atoms with Crippen molar-refractivity contribution in [2.45, 2.75) is 75.3 Å². The predicted molar refractivity (Wildman–Crippen MR) is 68.9 cm³/mol. The molecule has 3 heteroatoms. The van der Waals surface area contributed by atoms with Crippen molar-refractivity contribution >= 4 is 0 Å². The average Bonchev–Trinajstić information content (AvgIpc) is 2.30. The van der Waals surface area contributed by atoms with E-state index in [9.17, 15) is 5.11 Å². The maximum Gasteiger partial charge on any atom is 0.0880 e. The molecule has 0 saturated heterocycles. The lowest BCUT2D eigenvalue weighted by molar-refractivity contribution is -0.0789. The second-order valence-corrected chi connectivity index (χ2v) is 6.20. The summed E-state index contributed by atoms with van der Waals surface area (Å²) in [6.45, 7) is 1.10. The van der Waals surface area contributed by atoms with Gasteiger partial charge in [0.1, 0.15) is 0 Å². The fourth-order valence-electron chi connectivity index (χ4n) is 3.20. The molecule has 0 aliphatic heterocycles. The first kappa shape index (κ1) is 13.3. The first-order chi connectivity index (χ1) is 8.12. The summed E-state index contributed by atoms with van der Waals surface area (Å²) in [5.41, 5.74) is 5.62. The molecule has 0 spiro atoms. The van der Waals surface area contributed by atoms with Crippen molar-refractivity contribution in [3.63, 3.8) is 0 Å². The molecule has 100 valence electrons. The number of rotatable bonds is 4. The van der Waals surface area contributed by atoms with Gasteiger partial charge in [0.15, 0.2) is 0 Å². The molecule has 2 rings (SSSR count). The Morgan fingerprint density at radius 2 is 1.35 bits per heavy atom. The summed E-state index contributed by atoms with van der Waals surface area (Å²) in [4.78, 5) is 0. The van der Waals surface area contributed by atoms with E-state index in [0.29, 0.717) is 13.2 Å². The van der Waals surface area contributed by atoms with E-state index in [1.165, 1.54) is 25.7 Å². The van der Waals surface area contributed by atoms with E-state index in [2.05, 4.69) is 0 Å². The second kappa shape index (κ2) is 5.68. The lowest BCUT2D eigenvalue weighted by Gasteiger charge is -2.36. The molecule has 0 aromatic heterocycles. The number of hydrogen-bond donors (Lipinski definition) is 2. The fourth-order valence-corrected chi connectivity index (χ4v) is 3.20. The van der Waals surface area contributed by atoms with Gasteiger partial charge in [-0.25, -0.2) is 0 Å². The van der Waals surface area contributed by atoms with Crippen molar-refractivity contribution in [3.05, 3.63) is 0 Å². The molecule has 0 amide bonds. The number of hydrogen-bond acceptors (Lipinski definition) is 3. The van der Waals surface area contributed by atoms with Gasteiger partial charge in [0, 0.05) is 5.54 Å². The van der Waals surface area contributed by atoms with Gasteiger partial charge in [0.2, 0.25) is 0 Å². The summed E-state index contributed by atoms with van der Waals surface area (Å²) in [6, 6.07) is 0. The van der Waals surface area contributed by atoms with Crippen LogP contribution in [0.1, 0.15) is 64.2 Å². The highest BCUT2D eigenvalue weighted by atomic mass is 16.5. The third-order valence-corrected chi connectivity index (χ3v) is 4.39. The molecule has 0 unspecified atom stereocenters. The standard InChI is InChI=1S/C14H27NO2/c15-13(7-3-1-4-8-13)11-17-12-14(16)9-5-2-6-10-14/h16H,1-12,15H2. The number of nitrogens with two attached hydrogens (primary N) is 1. The smallest absolute Gasteiger partial charge is 0.0880 e. The van der Waals surface area contributed by atoms with Crippen LogP contribution in [0.2, 0.25) is 0 Å². The molecule has 2 fully saturated rings. The summed E-state index contributed by atoms with van der Waals surface area (Å²) in [7, 11) is 0. The molecule has 2 saturated carbocycles. The molecular formula is C14H27NO2. The van der Waals surface area contributed by atoms with E-state index in [-0.39, 0.29) is 5.54 Å². The van der Waals surface area contributed by atoms with E-state index in [4.69, 9.17) is 10.5 Å². The minimum absolute atomic E-state index is 0.122. The number of aliphatic hydroxyl groups is 1. The van der Waals surface area contributed by atoms with Crippen molar-refractivity contribution in [1.82, 2.24) is 0 Å². The van der Waals surface area contributed by atoms with E-state index in [1.54, 1.807) is 0 Å². The van der Waals surface area contributed by atoms with Crippen molar-refractivity contribution in [2.75, 3.05) is 13.2 Å². The molecule has 2 aliphatic rings. The molecule has 0 bridgehead atoms. The van der Waals surface area contributed by atoms with Gasteiger partial charge in [-0.1, -0.05) is 38.5 Å². The highest BCUT2D eigenvalue weighted by molar-refractivity contribution is 4.88. The SMILES string of the molecule is NC1(COCC2(O)CCCCC2)CCCCC1. The van der Waals surface area contributed by atoms with Crippen LogP contribution in [-0.4, -0.2) is 29.5 Å². The predicted octanol–water partition coefficient (Wildman–Crippen LogP) is 2.36. The lowest BCUT2D eigenvalue weighted by atomic mass is 9.83. The third-order valence-electron chi connectivity index (χ3n) is 4.39. The van der Waals surface area contributed by atoms with Gasteiger partial charge in [-0.3, -0.25) is 0 Å². The molecule has 0 aromatic carbocycles. The highest BCUT2D eigenvalue weighted by Gasteiger charge is 2.32. The maximum absolute atomic E-state index is 10.3. The Morgan fingerprint density at radius 3 is 1.94 bits per heavy atom. The zero-order valence-corrected chi connectivity index (χ0v) is 10.9. The first-order valence-corrected chi connectivity index (χ1v) is 7.21. The Balaban J connectivity index is 1.70. The van der Waals surface area contributed by atoms with Gasteiger partial charge in [0.05, 0.1) is 18.8 Å². The Labute approximate surface area is 105 Å². The van der Waals surface area contributed by atoms with Gasteiger partial charge < -0.3 is 15.6 Å². The summed E-state index contributed by atoms with van der Waals surface area (Å²) in [6.07, 6.45) is 11.2. The van der Waals surface area contributed by atoms with Gasteiger partial charge in [0.25, 0.3) is 0 Å².